The van der Waals surface area contributed by atoms with Gasteiger partial charge in [-0.2, -0.15) is 0 Å². The van der Waals surface area contributed by atoms with Crippen LogP contribution >= 0.6 is 11.3 Å². The molecule has 4 rings (SSSR count). The number of benzene rings is 1. The van der Waals surface area contributed by atoms with Crippen LogP contribution < -0.4 is 10.9 Å². The second-order valence-electron chi connectivity index (χ2n) is 7.65. The third kappa shape index (κ3) is 5.20. The van der Waals surface area contributed by atoms with Crippen molar-refractivity contribution < 1.29 is 4.79 Å². The highest BCUT2D eigenvalue weighted by Gasteiger charge is 2.17. The molecule has 168 valence electrons. The number of carbonyl (C=O) groups is 1. The Morgan fingerprint density at radius 2 is 1.82 bits per heavy atom. The van der Waals surface area contributed by atoms with Gasteiger partial charge in [-0.3, -0.25) is 9.59 Å². The minimum absolute atomic E-state index is 0.107. The molecule has 0 fully saturated rings. The average molecular weight is 461 g/mol. The molecule has 0 bridgehead atoms. The fourth-order valence-electron chi connectivity index (χ4n) is 3.51. The van der Waals surface area contributed by atoms with Gasteiger partial charge in [0.05, 0.1) is 12.1 Å². The minimum atomic E-state index is -0.386. The number of hydrogen-bond donors (Lipinski definition) is 2. The van der Waals surface area contributed by atoms with Crippen LogP contribution in [-0.2, 0) is 17.6 Å². The van der Waals surface area contributed by atoms with Crippen molar-refractivity contribution in [2.45, 2.75) is 40.0 Å². The van der Waals surface area contributed by atoms with E-state index in [1.807, 2.05) is 6.92 Å². The van der Waals surface area contributed by atoms with Gasteiger partial charge < -0.3 is 10.3 Å². The zero-order chi connectivity index (χ0) is 23.4. The molecule has 1 aromatic carbocycles. The SMILES string of the molecule is CCCc1ccc(-c2nc(NC(=O)Cc3c(C)nc(-c4ncccn4)[nH]c3=O)sc2C)cc1. The number of aryl methyl sites for hydroxylation is 3. The summed E-state index contributed by atoms with van der Waals surface area (Å²) in [7, 11) is 0. The fourth-order valence-corrected chi connectivity index (χ4v) is 4.36. The molecule has 0 unspecified atom stereocenters. The van der Waals surface area contributed by atoms with Gasteiger partial charge in [0.2, 0.25) is 5.91 Å². The average Bonchev–Trinajstić information content (AvgIpc) is 3.17. The van der Waals surface area contributed by atoms with Gasteiger partial charge in [-0.1, -0.05) is 37.6 Å². The van der Waals surface area contributed by atoms with Crippen LogP contribution in [0.15, 0.2) is 47.5 Å². The van der Waals surface area contributed by atoms with Crippen LogP contribution in [0.3, 0.4) is 0 Å². The molecule has 3 aromatic heterocycles. The van der Waals surface area contributed by atoms with E-state index < -0.39 is 0 Å². The van der Waals surface area contributed by atoms with Gasteiger partial charge in [-0.25, -0.2) is 19.9 Å². The minimum Gasteiger partial charge on any atom is -0.304 e. The topological polar surface area (TPSA) is 114 Å². The normalized spacial score (nSPS) is 10.9. The van der Waals surface area contributed by atoms with E-state index >= 15 is 0 Å². The van der Waals surface area contributed by atoms with Gasteiger partial charge in [0.15, 0.2) is 16.8 Å². The molecule has 2 N–H and O–H groups in total. The number of hydrogen-bond acceptors (Lipinski definition) is 7. The van der Waals surface area contributed by atoms with Crippen molar-refractivity contribution in [1.82, 2.24) is 24.9 Å². The number of amides is 1. The van der Waals surface area contributed by atoms with E-state index in [-0.39, 0.29) is 23.7 Å². The molecule has 8 nitrogen and oxygen atoms in total. The molecule has 0 aliphatic rings. The number of carbonyl (C=O) groups excluding carboxylic acids is 1. The summed E-state index contributed by atoms with van der Waals surface area (Å²) in [6.07, 6.45) is 5.19. The molecule has 0 aliphatic carbocycles. The van der Waals surface area contributed by atoms with Gasteiger partial charge in [0.25, 0.3) is 5.56 Å². The lowest BCUT2D eigenvalue weighted by Gasteiger charge is -2.06. The summed E-state index contributed by atoms with van der Waals surface area (Å²) in [5, 5.41) is 3.32. The number of nitrogens with one attached hydrogen (secondary N) is 2. The molecule has 0 spiro atoms. The zero-order valence-corrected chi connectivity index (χ0v) is 19.5. The predicted octanol–water partition coefficient (Wildman–Crippen LogP) is 4.10. The highest BCUT2D eigenvalue weighted by Crippen LogP contribution is 2.30. The van der Waals surface area contributed by atoms with Crippen molar-refractivity contribution in [3.05, 3.63) is 74.8 Å². The molecule has 9 heteroatoms. The van der Waals surface area contributed by atoms with Crippen LogP contribution in [-0.4, -0.2) is 30.8 Å². The quantitative estimate of drug-likeness (QED) is 0.429. The first-order valence-electron chi connectivity index (χ1n) is 10.7. The summed E-state index contributed by atoms with van der Waals surface area (Å²) >= 11 is 1.41. The van der Waals surface area contributed by atoms with E-state index in [1.165, 1.54) is 16.9 Å². The Hall–Kier alpha value is -3.72. The summed E-state index contributed by atoms with van der Waals surface area (Å²) in [4.78, 5) is 46.1. The highest BCUT2D eigenvalue weighted by atomic mass is 32.1. The highest BCUT2D eigenvalue weighted by molar-refractivity contribution is 7.16. The number of anilines is 1. The van der Waals surface area contributed by atoms with Gasteiger partial charge in [0, 0.05) is 34.1 Å². The summed E-state index contributed by atoms with van der Waals surface area (Å²) in [5.74, 6) is 0.266. The molecular weight excluding hydrogens is 436 g/mol. The third-order valence-electron chi connectivity index (χ3n) is 5.15. The predicted molar refractivity (Wildman–Crippen MR) is 129 cm³/mol. The number of aromatic nitrogens is 5. The standard InChI is InChI=1S/C24H24N6O2S/c1-4-6-16-7-9-17(10-8-16)20-15(3)33-24(29-20)28-19(31)13-18-14(2)27-22(30-23(18)32)21-25-11-5-12-26-21/h5,7-12H,4,6,13H2,1-3H3,(H,27,30,32)(H,28,29,31). The maximum absolute atomic E-state index is 12.7. The van der Waals surface area contributed by atoms with E-state index in [1.54, 1.807) is 25.4 Å². The summed E-state index contributed by atoms with van der Waals surface area (Å²) in [5.41, 5.74) is 3.53. The third-order valence-corrected chi connectivity index (χ3v) is 6.03. The van der Waals surface area contributed by atoms with Crippen molar-refractivity contribution in [2.75, 3.05) is 5.32 Å². The molecule has 3 heterocycles. The van der Waals surface area contributed by atoms with E-state index in [2.05, 4.69) is 61.4 Å². The molecule has 0 atom stereocenters. The van der Waals surface area contributed by atoms with Crippen LogP contribution in [0.5, 0.6) is 0 Å². The number of rotatable bonds is 7. The van der Waals surface area contributed by atoms with Gasteiger partial charge in [0.1, 0.15) is 0 Å². The van der Waals surface area contributed by atoms with Crippen LogP contribution in [0.4, 0.5) is 5.13 Å². The van der Waals surface area contributed by atoms with Crippen molar-refractivity contribution in [1.29, 1.82) is 0 Å². The van der Waals surface area contributed by atoms with Crippen LogP contribution in [0.2, 0.25) is 0 Å². The lowest BCUT2D eigenvalue weighted by Crippen LogP contribution is -2.24. The second-order valence-corrected chi connectivity index (χ2v) is 8.85. The number of H-pyrrole nitrogens is 1. The van der Waals surface area contributed by atoms with Gasteiger partial charge in [-0.05, 0) is 31.9 Å². The Morgan fingerprint density at radius 1 is 1.09 bits per heavy atom. The van der Waals surface area contributed by atoms with Crippen LogP contribution in [0.1, 0.15) is 35.0 Å². The molecule has 0 radical (unpaired) electrons. The molecule has 0 saturated carbocycles. The molecule has 0 saturated heterocycles. The number of aromatic amines is 1. The number of thiazole rings is 1. The largest absolute Gasteiger partial charge is 0.304 e. The summed E-state index contributed by atoms with van der Waals surface area (Å²) < 4.78 is 0. The van der Waals surface area contributed by atoms with Crippen molar-refractivity contribution in [2.24, 2.45) is 0 Å². The fraction of sp³-hybridized carbons (Fsp3) is 0.250. The first-order valence-corrected chi connectivity index (χ1v) is 11.5. The summed E-state index contributed by atoms with van der Waals surface area (Å²) in [6.45, 7) is 5.83. The Labute approximate surface area is 195 Å². The number of nitrogens with zero attached hydrogens (tertiary/aromatic N) is 4. The molecular formula is C24H24N6O2S. The molecule has 33 heavy (non-hydrogen) atoms. The Balaban J connectivity index is 1.48. The van der Waals surface area contributed by atoms with E-state index in [4.69, 9.17) is 0 Å². The van der Waals surface area contributed by atoms with Crippen LogP contribution in [0, 0.1) is 13.8 Å². The van der Waals surface area contributed by atoms with E-state index in [0.29, 0.717) is 22.2 Å². The second kappa shape index (κ2) is 9.83. The maximum Gasteiger partial charge on any atom is 0.255 e. The lowest BCUT2D eigenvalue weighted by atomic mass is 10.1. The summed E-state index contributed by atoms with van der Waals surface area (Å²) in [6, 6.07) is 10.0. The first kappa shape index (κ1) is 22.5. The van der Waals surface area contributed by atoms with Crippen molar-refractivity contribution in [3.63, 3.8) is 0 Å². The molecule has 0 aliphatic heterocycles. The molecule has 1 amide bonds. The van der Waals surface area contributed by atoms with Crippen molar-refractivity contribution >= 4 is 22.4 Å². The van der Waals surface area contributed by atoms with Gasteiger partial charge in [-0.15, -0.1) is 11.3 Å². The first-order chi connectivity index (χ1) is 15.9. The Kier molecular flexibility index (Phi) is 6.69. The van der Waals surface area contributed by atoms with Crippen molar-refractivity contribution in [3.8, 4) is 22.9 Å². The monoisotopic (exact) mass is 460 g/mol. The lowest BCUT2D eigenvalue weighted by molar-refractivity contribution is -0.115. The Morgan fingerprint density at radius 3 is 2.48 bits per heavy atom. The van der Waals surface area contributed by atoms with E-state index in [0.717, 1.165) is 29.0 Å². The van der Waals surface area contributed by atoms with Gasteiger partial charge >= 0.3 is 0 Å². The molecule has 4 aromatic rings. The van der Waals surface area contributed by atoms with E-state index in [9.17, 15) is 9.59 Å². The smallest absolute Gasteiger partial charge is 0.255 e. The Bertz CT molecular complexity index is 1330. The maximum atomic E-state index is 12.7. The zero-order valence-electron chi connectivity index (χ0n) is 18.7. The van der Waals surface area contributed by atoms with Crippen LogP contribution in [0.25, 0.3) is 22.9 Å².